The molecule has 88 heavy (non-hydrogen) atoms. The molecular weight excluding hydrogens is 1140 g/mol. The van der Waals surface area contributed by atoms with Gasteiger partial charge in [-0.1, -0.05) is 140 Å². The van der Waals surface area contributed by atoms with Crippen LogP contribution in [0.5, 0.6) is 0 Å². The zero-order valence-electron chi connectivity index (χ0n) is 53.8. The van der Waals surface area contributed by atoms with Crippen LogP contribution in [0.2, 0.25) is 0 Å². The Balaban J connectivity index is 1.95. The summed E-state index contributed by atoms with van der Waals surface area (Å²) in [6, 6.07) is 8.29. The minimum atomic E-state index is -1.09. The molecule has 0 bridgehead atoms. The van der Waals surface area contributed by atoms with Crippen LogP contribution < -0.4 is 16.0 Å². The maximum atomic E-state index is 13.2. The van der Waals surface area contributed by atoms with Gasteiger partial charge in [0.2, 0.25) is 11.8 Å². The van der Waals surface area contributed by atoms with Gasteiger partial charge >= 0.3 is 18.0 Å². The minimum absolute atomic E-state index is 0.0319. The molecule has 0 aliphatic rings. The van der Waals surface area contributed by atoms with E-state index in [4.69, 9.17) is 61.9 Å². The molecule has 510 valence electrons. The molecule has 1 aromatic rings. The first-order chi connectivity index (χ1) is 43.1. The maximum Gasteiger partial charge on any atom is 0.408 e. The number of carbonyl (C=O) groups is 6. The molecule has 0 spiro atoms. The quantitative estimate of drug-likeness (QED) is 0.0301. The molecule has 1 rings (SSSR count). The van der Waals surface area contributed by atoms with Gasteiger partial charge in [0, 0.05) is 32.4 Å². The summed E-state index contributed by atoms with van der Waals surface area (Å²) in [6.45, 7) is 13.3. The molecule has 0 aromatic heterocycles. The van der Waals surface area contributed by atoms with Gasteiger partial charge in [-0.25, -0.2) is 4.79 Å². The summed E-state index contributed by atoms with van der Waals surface area (Å²) in [5, 5.41) is 27.1. The van der Waals surface area contributed by atoms with E-state index < -0.39 is 41.8 Å². The number of benzene rings is 1. The average Bonchev–Trinajstić information content (AvgIpc) is 3.54. The predicted octanol–water partition coefficient (Wildman–Crippen LogP) is 8.68. The van der Waals surface area contributed by atoms with E-state index in [9.17, 15) is 33.9 Å². The summed E-state index contributed by atoms with van der Waals surface area (Å²) in [7, 11) is 0. The number of amides is 3. The topological polar surface area (TPSA) is 290 Å². The molecule has 0 fully saturated rings. The Hall–Kier alpha value is -4.40. The molecule has 23 nitrogen and oxygen atoms in total. The number of aliphatic carboxylic acids is 2. The van der Waals surface area contributed by atoms with Crippen LogP contribution in [0.1, 0.15) is 167 Å². The Labute approximate surface area is 526 Å². The van der Waals surface area contributed by atoms with Crippen LogP contribution in [0.15, 0.2) is 30.3 Å². The van der Waals surface area contributed by atoms with Crippen molar-refractivity contribution in [1.82, 2.24) is 16.0 Å². The molecule has 0 radical (unpaired) electrons. The minimum Gasteiger partial charge on any atom is -0.481 e. The lowest BCUT2D eigenvalue weighted by molar-refractivity contribution is -0.150. The lowest BCUT2D eigenvalue weighted by Crippen LogP contribution is -2.47. The van der Waals surface area contributed by atoms with Crippen LogP contribution in [0.25, 0.3) is 0 Å². The summed E-state index contributed by atoms with van der Waals surface area (Å²) >= 11 is 0. The molecule has 0 saturated heterocycles. The second-order valence-electron chi connectivity index (χ2n) is 21.5. The van der Waals surface area contributed by atoms with Gasteiger partial charge in [-0.15, -0.1) is 0 Å². The van der Waals surface area contributed by atoms with E-state index in [0.29, 0.717) is 151 Å². The first-order valence-electron chi connectivity index (χ1n) is 32.9. The van der Waals surface area contributed by atoms with E-state index in [0.717, 1.165) is 82.6 Å². The first-order valence-corrected chi connectivity index (χ1v) is 32.9. The van der Waals surface area contributed by atoms with Gasteiger partial charge in [-0.2, -0.15) is 0 Å². The molecule has 3 amide bonds. The maximum absolute atomic E-state index is 13.2. The summed E-state index contributed by atoms with van der Waals surface area (Å²) in [4.78, 5) is 73.8. The second-order valence-corrected chi connectivity index (χ2v) is 21.5. The van der Waals surface area contributed by atoms with Gasteiger partial charge in [0.15, 0.2) is 0 Å². The van der Waals surface area contributed by atoms with E-state index in [1.54, 1.807) is 0 Å². The third kappa shape index (κ3) is 53.4. The van der Waals surface area contributed by atoms with Gasteiger partial charge in [0.05, 0.1) is 145 Å². The number of ketones is 1. The highest BCUT2D eigenvalue weighted by Gasteiger charge is 2.34. The fraction of sp³-hybridized carbons (Fsp3) is 0.815. The van der Waals surface area contributed by atoms with E-state index in [2.05, 4.69) is 22.9 Å². The smallest absolute Gasteiger partial charge is 0.408 e. The molecule has 3 atom stereocenters. The van der Waals surface area contributed by atoms with Gasteiger partial charge < -0.3 is 83.0 Å². The monoisotopic (exact) mass is 1260 g/mol. The van der Waals surface area contributed by atoms with Crippen molar-refractivity contribution in [2.75, 3.05) is 158 Å². The van der Waals surface area contributed by atoms with Crippen LogP contribution >= 0.6 is 0 Å². The number of hydrogen-bond acceptors (Lipinski definition) is 18. The molecule has 0 saturated carbocycles. The predicted molar refractivity (Wildman–Crippen MR) is 333 cm³/mol. The number of Topliss-reactive ketones (excluding diaryl/α,β-unsaturated/α-hetero) is 1. The normalized spacial score (nSPS) is 12.4. The van der Waals surface area contributed by atoms with Gasteiger partial charge in [0.25, 0.3) is 0 Å². The van der Waals surface area contributed by atoms with Crippen molar-refractivity contribution in [1.29, 1.82) is 0 Å². The van der Waals surface area contributed by atoms with Crippen molar-refractivity contribution in [3.05, 3.63) is 35.9 Å². The Kier molecular flexibility index (Phi) is 58.2. The van der Waals surface area contributed by atoms with Crippen LogP contribution in [-0.2, 0) is 87.4 Å². The highest BCUT2D eigenvalue weighted by atomic mass is 16.6. The molecule has 0 heterocycles. The molecule has 0 aliphatic heterocycles. The van der Waals surface area contributed by atoms with Gasteiger partial charge in [-0.3, -0.25) is 24.0 Å². The number of ether oxygens (including phenoxy) is 12. The molecule has 23 heteroatoms. The van der Waals surface area contributed by atoms with Crippen LogP contribution in [0, 0.1) is 11.8 Å². The fourth-order valence-electron chi connectivity index (χ4n) is 9.20. The zero-order chi connectivity index (χ0) is 63.9. The molecular formula is C65H115N3O20. The highest BCUT2D eigenvalue weighted by Crippen LogP contribution is 2.27. The molecule has 1 aromatic carbocycles. The number of hydrogen-bond donors (Lipinski definition) is 5. The van der Waals surface area contributed by atoms with Crippen molar-refractivity contribution in [3.63, 3.8) is 0 Å². The van der Waals surface area contributed by atoms with Crippen molar-refractivity contribution >= 4 is 35.6 Å². The lowest BCUT2D eigenvalue weighted by Gasteiger charge is -2.24. The van der Waals surface area contributed by atoms with E-state index in [-0.39, 0.29) is 63.9 Å². The van der Waals surface area contributed by atoms with Crippen molar-refractivity contribution in [2.45, 2.75) is 174 Å². The standard InChI is InChI=1S/C65H115N3O20/c1-3-5-6-7-8-11-14-20-26-57(27-21-15-12-9-10-13-16-22-28-60(70)71)61(64(74)75)63(73)67-32-34-78-36-38-80-40-42-82-44-46-84-48-50-86-52-54-87-53-51-85-49-47-83-45-43-81-41-39-79-37-35-77-33-31-66-62(72)59(30-29-58(69)23-4-2)68-65(76)88-55-56-24-18-17-19-25-56/h17-19,24-25,57,59,61H,3-16,20-23,26-55H2,1-2H3,(H,66,72)(H,67,73)(H,68,76)(H,70,71)(H,74,75)/t57?,59-,61?/m0/s1. The van der Waals surface area contributed by atoms with Crippen molar-refractivity contribution in [2.24, 2.45) is 11.8 Å². The molecule has 2 unspecified atom stereocenters. The summed E-state index contributed by atoms with van der Waals surface area (Å²) in [5.41, 5.74) is 0.816. The Morgan fingerprint density at radius 3 is 1.14 bits per heavy atom. The van der Waals surface area contributed by atoms with E-state index in [1.165, 1.54) is 32.1 Å². The SMILES string of the molecule is CCCCCCCCCCC(CCCCCCCCCCC(=O)O)C(C(=O)O)C(=O)NCCOCCOCCOCCOCCOCCOCCOCCOCCOCCOCCOCCNC(=O)[C@H](CCC(=O)CCC)NC(=O)OCc1ccccc1. The number of carboxylic acid groups (broad SMARTS) is 2. The third-order valence-corrected chi connectivity index (χ3v) is 14.0. The number of unbranched alkanes of at least 4 members (excludes halogenated alkanes) is 14. The fourth-order valence-corrected chi connectivity index (χ4v) is 9.20. The number of rotatable bonds is 68. The van der Waals surface area contributed by atoms with Gasteiger partial charge in [-0.05, 0) is 43.6 Å². The van der Waals surface area contributed by atoms with E-state index >= 15 is 0 Å². The number of carbonyl (C=O) groups excluding carboxylic acids is 4. The zero-order valence-corrected chi connectivity index (χ0v) is 53.8. The van der Waals surface area contributed by atoms with Gasteiger partial charge in [0.1, 0.15) is 24.3 Å². The van der Waals surface area contributed by atoms with Crippen molar-refractivity contribution in [3.8, 4) is 0 Å². The average molecular weight is 1260 g/mol. The summed E-state index contributed by atoms with van der Waals surface area (Å²) in [6.07, 6.45) is 19.5. The van der Waals surface area contributed by atoms with Crippen LogP contribution in [0.3, 0.4) is 0 Å². The Morgan fingerprint density at radius 2 is 0.761 bits per heavy atom. The second kappa shape index (κ2) is 62.8. The lowest BCUT2D eigenvalue weighted by atomic mass is 9.82. The number of alkyl carbamates (subject to hydrolysis) is 1. The Bertz CT molecular complexity index is 1800. The number of nitrogens with one attached hydrogen (secondary N) is 3. The molecule has 0 aliphatic carbocycles. The van der Waals surface area contributed by atoms with Crippen molar-refractivity contribution < 1.29 is 95.8 Å². The number of carboxylic acids is 2. The summed E-state index contributed by atoms with van der Waals surface area (Å²) < 4.78 is 66.3. The molecule has 5 N–H and O–H groups in total. The highest BCUT2D eigenvalue weighted by molar-refractivity contribution is 5.97. The van der Waals surface area contributed by atoms with Crippen LogP contribution in [0.4, 0.5) is 4.79 Å². The van der Waals surface area contributed by atoms with E-state index in [1.807, 2.05) is 37.3 Å². The summed E-state index contributed by atoms with van der Waals surface area (Å²) in [5.74, 6) is -3.95. The largest absolute Gasteiger partial charge is 0.481 e. The van der Waals surface area contributed by atoms with Crippen LogP contribution in [-0.4, -0.2) is 210 Å². The Morgan fingerprint density at radius 1 is 0.398 bits per heavy atom. The third-order valence-electron chi connectivity index (χ3n) is 14.0. The first kappa shape index (κ1) is 81.6.